The molecular formula is C15H21N5O. The van der Waals surface area contributed by atoms with Crippen molar-refractivity contribution in [3.63, 3.8) is 0 Å². The van der Waals surface area contributed by atoms with Gasteiger partial charge in [-0.3, -0.25) is 0 Å². The van der Waals surface area contributed by atoms with E-state index in [1.807, 2.05) is 29.8 Å². The third kappa shape index (κ3) is 2.63. The largest absolute Gasteiger partial charge is 0.398 e. The Labute approximate surface area is 124 Å². The van der Waals surface area contributed by atoms with E-state index in [1.54, 1.807) is 0 Å². The highest BCUT2D eigenvalue weighted by atomic mass is 16.5. The van der Waals surface area contributed by atoms with Gasteiger partial charge in [0, 0.05) is 17.9 Å². The van der Waals surface area contributed by atoms with Crippen LogP contribution in [0.4, 0.5) is 5.69 Å². The maximum Gasteiger partial charge on any atom is 0.182 e. The molecule has 1 aliphatic rings. The minimum absolute atomic E-state index is 0.142. The van der Waals surface area contributed by atoms with Crippen LogP contribution in [-0.4, -0.2) is 32.4 Å². The Morgan fingerprint density at radius 3 is 2.95 bits per heavy atom. The third-order valence-electron chi connectivity index (χ3n) is 4.13. The molecule has 1 saturated heterocycles. The average molecular weight is 287 g/mol. The van der Waals surface area contributed by atoms with Gasteiger partial charge < -0.3 is 10.5 Å². The lowest BCUT2D eigenvalue weighted by Gasteiger charge is -2.35. The zero-order valence-electron chi connectivity index (χ0n) is 12.7. The molecule has 1 aromatic carbocycles. The Kier molecular flexibility index (Phi) is 3.41. The summed E-state index contributed by atoms with van der Waals surface area (Å²) in [5.74, 6) is 0.780. The number of ether oxygens (including phenoxy) is 1. The summed E-state index contributed by atoms with van der Waals surface area (Å²) >= 11 is 0. The highest BCUT2D eigenvalue weighted by Crippen LogP contribution is 2.34. The van der Waals surface area contributed by atoms with Crippen LogP contribution in [0.5, 0.6) is 0 Å². The van der Waals surface area contributed by atoms with Crippen LogP contribution < -0.4 is 5.73 Å². The molecule has 1 unspecified atom stereocenters. The predicted molar refractivity (Wildman–Crippen MR) is 80.7 cm³/mol. The first kappa shape index (κ1) is 14.0. The van der Waals surface area contributed by atoms with Gasteiger partial charge in [-0.05, 0) is 55.7 Å². The lowest BCUT2D eigenvalue weighted by Crippen LogP contribution is -2.35. The molecule has 1 atom stereocenters. The topological polar surface area (TPSA) is 78.9 Å². The molecule has 6 heteroatoms. The number of hydrogen-bond acceptors (Lipinski definition) is 5. The van der Waals surface area contributed by atoms with Gasteiger partial charge in [-0.2, -0.15) is 0 Å². The Hall–Kier alpha value is -1.95. The van der Waals surface area contributed by atoms with Gasteiger partial charge in [-0.15, -0.1) is 5.10 Å². The number of nitrogens with zero attached hydrogens (tertiary/aromatic N) is 4. The van der Waals surface area contributed by atoms with Crippen molar-refractivity contribution in [1.82, 2.24) is 20.2 Å². The van der Waals surface area contributed by atoms with Gasteiger partial charge in [0.25, 0.3) is 0 Å². The van der Waals surface area contributed by atoms with E-state index < -0.39 is 0 Å². The molecule has 1 fully saturated rings. The van der Waals surface area contributed by atoms with Crippen LogP contribution >= 0.6 is 0 Å². The molecular weight excluding hydrogens is 266 g/mol. The van der Waals surface area contributed by atoms with Gasteiger partial charge in [0.05, 0.1) is 11.6 Å². The average Bonchev–Trinajstić information content (AvgIpc) is 2.90. The molecule has 1 aromatic heterocycles. The minimum atomic E-state index is -0.142. The van der Waals surface area contributed by atoms with E-state index in [-0.39, 0.29) is 11.6 Å². The number of benzene rings is 1. The zero-order valence-corrected chi connectivity index (χ0v) is 12.7. The number of anilines is 1. The lowest BCUT2D eigenvalue weighted by molar-refractivity contribution is -0.0707. The van der Waals surface area contributed by atoms with Crippen LogP contribution in [0.3, 0.4) is 0 Å². The maximum absolute atomic E-state index is 6.00. The summed E-state index contributed by atoms with van der Waals surface area (Å²) in [4.78, 5) is 0. The molecule has 0 aliphatic carbocycles. The van der Waals surface area contributed by atoms with Crippen LogP contribution in [0.25, 0.3) is 11.4 Å². The van der Waals surface area contributed by atoms with Crippen LogP contribution in [0.2, 0.25) is 0 Å². The van der Waals surface area contributed by atoms with E-state index in [0.717, 1.165) is 42.1 Å². The van der Waals surface area contributed by atoms with Crippen LogP contribution in [-0.2, 0) is 4.74 Å². The Morgan fingerprint density at radius 1 is 1.38 bits per heavy atom. The second kappa shape index (κ2) is 5.11. The fraction of sp³-hybridized carbons (Fsp3) is 0.533. The number of nitrogen functional groups attached to an aromatic ring is 1. The van der Waals surface area contributed by atoms with E-state index in [1.165, 1.54) is 0 Å². The molecule has 1 aliphatic heterocycles. The monoisotopic (exact) mass is 287 g/mol. The molecule has 0 saturated carbocycles. The molecule has 0 amide bonds. The molecule has 112 valence electrons. The van der Waals surface area contributed by atoms with E-state index in [4.69, 9.17) is 10.5 Å². The fourth-order valence-corrected chi connectivity index (χ4v) is 2.92. The molecule has 21 heavy (non-hydrogen) atoms. The second-order valence-electron chi connectivity index (χ2n) is 6.22. The first-order valence-electron chi connectivity index (χ1n) is 7.25. The summed E-state index contributed by atoms with van der Waals surface area (Å²) < 4.78 is 7.70. The summed E-state index contributed by atoms with van der Waals surface area (Å²) in [6, 6.07) is 6.09. The summed E-state index contributed by atoms with van der Waals surface area (Å²) in [5, 5.41) is 12.3. The Morgan fingerprint density at radius 2 is 2.19 bits per heavy atom. The number of rotatable bonds is 2. The van der Waals surface area contributed by atoms with Crippen molar-refractivity contribution >= 4 is 5.69 Å². The standard InChI is InChI=1S/C15H21N5O/c1-10-12(5-4-6-13(10)16)14-17-18-19-20(14)11-7-8-21-15(2,3)9-11/h4-6,11H,7-9,16H2,1-3H3. The van der Waals surface area contributed by atoms with Crippen LogP contribution in [0.15, 0.2) is 18.2 Å². The normalized spacial score (nSPS) is 21.4. The Bertz CT molecular complexity index is 649. The number of nitrogens with two attached hydrogens (primary N) is 1. The third-order valence-corrected chi connectivity index (χ3v) is 4.13. The van der Waals surface area contributed by atoms with Gasteiger partial charge in [0.2, 0.25) is 0 Å². The van der Waals surface area contributed by atoms with Crippen molar-refractivity contribution in [1.29, 1.82) is 0 Å². The molecule has 0 bridgehead atoms. The van der Waals surface area contributed by atoms with Crippen molar-refractivity contribution in [2.45, 2.75) is 45.3 Å². The summed E-state index contributed by atoms with van der Waals surface area (Å²) in [5.41, 5.74) is 8.62. The number of hydrogen-bond donors (Lipinski definition) is 1. The minimum Gasteiger partial charge on any atom is -0.398 e. The van der Waals surface area contributed by atoms with Crippen LogP contribution in [0.1, 0.15) is 38.3 Å². The molecule has 0 spiro atoms. The molecule has 2 N–H and O–H groups in total. The van der Waals surface area contributed by atoms with Gasteiger partial charge in [0.15, 0.2) is 5.82 Å². The van der Waals surface area contributed by atoms with Gasteiger partial charge in [0.1, 0.15) is 0 Å². The Balaban J connectivity index is 2.00. The van der Waals surface area contributed by atoms with E-state index in [0.29, 0.717) is 0 Å². The van der Waals surface area contributed by atoms with Gasteiger partial charge >= 0.3 is 0 Å². The molecule has 3 rings (SSSR count). The highest BCUT2D eigenvalue weighted by Gasteiger charge is 2.32. The van der Waals surface area contributed by atoms with Crippen molar-refractivity contribution < 1.29 is 4.74 Å². The van der Waals surface area contributed by atoms with Crippen LogP contribution in [0, 0.1) is 6.92 Å². The van der Waals surface area contributed by atoms with Crippen molar-refractivity contribution in [3.05, 3.63) is 23.8 Å². The summed E-state index contributed by atoms with van der Waals surface area (Å²) in [6.07, 6.45) is 1.81. The quantitative estimate of drug-likeness (QED) is 0.858. The summed E-state index contributed by atoms with van der Waals surface area (Å²) in [7, 11) is 0. The molecule has 2 heterocycles. The zero-order chi connectivity index (χ0) is 15.0. The summed E-state index contributed by atoms with van der Waals surface area (Å²) in [6.45, 7) is 6.94. The van der Waals surface area contributed by atoms with E-state index >= 15 is 0 Å². The van der Waals surface area contributed by atoms with Crippen molar-refractivity contribution in [3.8, 4) is 11.4 Å². The lowest BCUT2D eigenvalue weighted by atomic mass is 9.93. The molecule has 0 radical (unpaired) electrons. The van der Waals surface area contributed by atoms with E-state index in [2.05, 4.69) is 29.4 Å². The van der Waals surface area contributed by atoms with Crippen molar-refractivity contribution in [2.75, 3.05) is 12.3 Å². The first-order chi connectivity index (χ1) is 9.98. The maximum atomic E-state index is 6.00. The number of tetrazole rings is 1. The predicted octanol–water partition coefficient (Wildman–Crippen LogP) is 2.36. The second-order valence-corrected chi connectivity index (χ2v) is 6.22. The molecule has 6 nitrogen and oxygen atoms in total. The van der Waals surface area contributed by atoms with Crippen molar-refractivity contribution in [2.24, 2.45) is 0 Å². The fourth-order valence-electron chi connectivity index (χ4n) is 2.92. The SMILES string of the molecule is Cc1c(N)cccc1-c1nnnn1C1CCOC(C)(C)C1. The smallest absolute Gasteiger partial charge is 0.182 e. The van der Waals surface area contributed by atoms with Gasteiger partial charge in [-0.1, -0.05) is 12.1 Å². The molecule has 2 aromatic rings. The van der Waals surface area contributed by atoms with E-state index in [9.17, 15) is 0 Å². The first-order valence-corrected chi connectivity index (χ1v) is 7.25. The highest BCUT2D eigenvalue weighted by molar-refractivity contribution is 5.67. The van der Waals surface area contributed by atoms with Gasteiger partial charge in [-0.25, -0.2) is 4.68 Å². The number of aromatic nitrogens is 4.